The molecule has 3 N–H and O–H groups in total. The van der Waals surface area contributed by atoms with Crippen LogP contribution in [0.15, 0.2) is 0 Å². The van der Waals surface area contributed by atoms with E-state index in [0.717, 1.165) is 4.31 Å². The molecule has 0 aromatic carbocycles. The van der Waals surface area contributed by atoms with Crippen LogP contribution in [0.25, 0.3) is 0 Å². The molecule has 0 aliphatic rings. The van der Waals surface area contributed by atoms with Crippen LogP contribution in [0.1, 0.15) is 13.8 Å². The van der Waals surface area contributed by atoms with E-state index in [1.54, 1.807) is 13.8 Å². The van der Waals surface area contributed by atoms with Crippen LogP contribution < -0.4 is 9.83 Å². The number of aliphatic hydroxyl groups excluding tert-OH is 1. The van der Waals surface area contributed by atoms with Gasteiger partial charge in [-0.15, -0.1) is 0 Å². The van der Waals surface area contributed by atoms with Crippen molar-refractivity contribution in [3.05, 3.63) is 0 Å². The monoisotopic (exact) mass is 240 g/mol. The van der Waals surface area contributed by atoms with Gasteiger partial charge in [0, 0.05) is 13.1 Å². The zero-order valence-electron chi connectivity index (χ0n) is 8.71. The topological polar surface area (TPSA) is 114 Å². The highest BCUT2D eigenvalue weighted by Gasteiger charge is 2.27. The van der Waals surface area contributed by atoms with Gasteiger partial charge in [0.25, 0.3) is 0 Å². The van der Waals surface area contributed by atoms with Gasteiger partial charge in [-0.05, 0) is 0 Å². The Balaban J connectivity index is 4.68. The standard InChI is InChI=1S/C7H16N2O5S/c1-3-9(4-2)15(13,14)8-6(5-10)7(11)12/h6,8,10H,3-5H2,1-2H3,(H,11,12)/t6-/m0/s1. The molecule has 0 aromatic heterocycles. The Labute approximate surface area is 88.9 Å². The van der Waals surface area contributed by atoms with E-state index in [-0.39, 0.29) is 13.1 Å². The van der Waals surface area contributed by atoms with E-state index >= 15 is 0 Å². The van der Waals surface area contributed by atoms with E-state index in [0.29, 0.717) is 4.72 Å². The molecule has 0 aliphatic carbocycles. The highest BCUT2D eigenvalue weighted by atomic mass is 32.2. The van der Waals surface area contributed by atoms with Gasteiger partial charge in [-0.1, -0.05) is 13.8 Å². The Morgan fingerprint density at radius 2 is 1.93 bits per heavy atom. The fourth-order valence-corrected chi connectivity index (χ4v) is 2.55. The average molecular weight is 240 g/mol. The summed E-state index contributed by atoms with van der Waals surface area (Å²) in [6.07, 6.45) is 0. The normalized spacial score (nSPS) is 14.1. The maximum Gasteiger partial charge on any atom is 0.369 e. The zero-order chi connectivity index (χ0) is 12.1. The first-order valence-corrected chi connectivity index (χ1v) is 6.06. The molecule has 8 heteroatoms. The summed E-state index contributed by atoms with van der Waals surface area (Å²) in [5.74, 6) is -1.60. The van der Waals surface area contributed by atoms with Crippen molar-refractivity contribution in [2.75, 3.05) is 19.7 Å². The number of rotatable bonds is 7. The van der Waals surface area contributed by atoms with Gasteiger partial charge in [-0.3, -0.25) is 0 Å². The first-order chi connectivity index (χ1) is 6.88. The number of carbonyl (C=O) groups excluding carboxylic acids is 1. The number of aliphatic hydroxyl groups is 1. The molecule has 0 saturated carbocycles. The van der Waals surface area contributed by atoms with E-state index in [1.807, 2.05) is 0 Å². The van der Waals surface area contributed by atoms with Gasteiger partial charge in [0.2, 0.25) is 0 Å². The first-order valence-electron chi connectivity index (χ1n) is 4.55. The van der Waals surface area contributed by atoms with Crippen molar-refractivity contribution in [3.8, 4) is 0 Å². The van der Waals surface area contributed by atoms with Crippen LogP contribution in [-0.4, -0.2) is 49.5 Å². The van der Waals surface area contributed by atoms with Gasteiger partial charge in [-0.25, -0.2) is 4.72 Å². The lowest BCUT2D eigenvalue weighted by Crippen LogP contribution is -2.98. The van der Waals surface area contributed by atoms with Gasteiger partial charge in [0.05, 0.1) is 0 Å². The van der Waals surface area contributed by atoms with E-state index in [2.05, 4.69) is 0 Å². The van der Waals surface area contributed by atoms with Gasteiger partial charge >= 0.3 is 10.2 Å². The van der Waals surface area contributed by atoms with Crippen LogP contribution in [0.2, 0.25) is 0 Å². The van der Waals surface area contributed by atoms with Gasteiger partial charge in [0.1, 0.15) is 12.6 Å². The minimum Gasteiger partial charge on any atom is -0.544 e. The quantitative estimate of drug-likeness (QED) is 0.474. The Bertz CT molecular complexity index is 299. The molecule has 0 aliphatic heterocycles. The fraction of sp³-hybridized carbons (Fsp3) is 0.857. The molecule has 1 atom stereocenters. The molecular weight excluding hydrogens is 224 g/mol. The van der Waals surface area contributed by atoms with Crippen molar-refractivity contribution in [1.82, 2.24) is 4.31 Å². The lowest BCUT2D eigenvalue weighted by Gasteiger charge is -2.20. The van der Waals surface area contributed by atoms with E-state index in [4.69, 9.17) is 5.11 Å². The van der Waals surface area contributed by atoms with Crippen LogP contribution in [-0.2, 0) is 15.0 Å². The first kappa shape index (κ1) is 14.3. The van der Waals surface area contributed by atoms with E-state index in [9.17, 15) is 18.3 Å². The minimum atomic E-state index is -3.75. The summed E-state index contributed by atoms with van der Waals surface area (Å²) < 4.78 is 24.8. The van der Waals surface area contributed by atoms with Crippen molar-refractivity contribution < 1.29 is 28.1 Å². The highest BCUT2D eigenvalue weighted by Crippen LogP contribution is 1.91. The molecule has 90 valence electrons. The number of nitrogens with zero attached hydrogens (tertiary/aromatic N) is 1. The average Bonchev–Trinajstić information content (AvgIpc) is 2.15. The molecule has 0 unspecified atom stereocenters. The Hall–Kier alpha value is -0.700. The summed E-state index contributed by atoms with van der Waals surface area (Å²) in [6.45, 7) is 2.99. The lowest BCUT2D eigenvalue weighted by atomic mass is 10.3. The summed E-state index contributed by atoms with van der Waals surface area (Å²) in [4.78, 5) is 10.4. The SMILES string of the molecule is CCN(CC)S(=O)(=O)[NH2+][C@@H](CO)C(=O)[O-]. The zero-order valence-corrected chi connectivity index (χ0v) is 9.53. The number of hydrogen-bond donors (Lipinski definition) is 2. The molecule has 0 saturated heterocycles. The highest BCUT2D eigenvalue weighted by molar-refractivity contribution is 7.82. The number of carbonyl (C=O) groups is 1. The Morgan fingerprint density at radius 3 is 2.20 bits per heavy atom. The third-order valence-corrected chi connectivity index (χ3v) is 3.81. The van der Waals surface area contributed by atoms with E-state index < -0.39 is 28.8 Å². The van der Waals surface area contributed by atoms with Crippen molar-refractivity contribution in [1.29, 1.82) is 0 Å². The molecule has 0 fully saturated rings. The second-order valence-corrected chi connectivity index (χ2v) is 4.69. The molecule has 0 radical (unpaired) electrons. The van der Waals surface area contributed by atoms with Crippen molar-refractivity contribution in [2.45, 2.75) is 19.9 Å². The molecule has 0 aromatic rings. The minimum absolute atomic E-state index is 0.251. The molecule has 0 amide bonds. The number of quaternary nitrogens is 1. The fourth-order valence-electron chi connectivity index (χ4n) is 1.05. The largest absolute Gasteiger partial charge is 0.544 e. The molecule has 0 bridgehead atoms. The molecule has 0 spiro atoms. The molecule has 15 heavy (non-hydrogen) atoms. The number of carboxylic acids is 1. The van der Waals surface area contributed by atoms with Crippen molar-refractivity contribution >= 4 is 16.2 Å². The Morgan fingerprint density at radius 1 is 1.47 bits per heavy atom. The maximum atomic E-state index is 11.5. The predicted octanol–water partition coefficient (Wildman–Crippen LogP) is -3.75. The van der Waals surface area contributed by atoms with Crippen LogP contribution in [0.3, 0.4) is 0 Å². The Kier molecular flexibility index (Phi) is 5.73. The van der Waals surface area contributed by atoms with Gasteiger partial charge in [0.15, 0.2) is 6.04 Å². The second kappa shape index (κ2) is 6.01. The lowest BCUT2D eigenvalue weighted by molar-refractivity contribution is -0.547. The van der Waals surface area contributed by atoms with Crippen LogP contribution in [0, 0.1) is 0 Å². The number of aliphatic carboxylic acids is 1. The summed E-state index contributed by atoms with van der Waals surface area (Å²) in [6, 6.07) is -1.49. The molecule has 0 heterocycles. The molecule has 7 nitrogen and oxygen atoms in total. The van der Waals surface area contributed by atoms with E-state index in [1.165, 1.54) is 0 Å². The van der Waals surface area contributed by atoms with Crippen molar-refractivity contribution in [3.63, 3.8) is 0 Å². The third-order valence-electron chi connectivity index (χ3n) is 1.90. The number of carboxylic acid groups (broad SMARTS) is 1. The smallest absolute Gasteiger partial charge is 0.369 e. The predicted molar refractivity (Wildman–Crippen MR) is 49.6 cm³/mol. The molecule has 0 rings (SSSR count). The summed E-state index contributed by atoms with van der Waals surface area (Å²) in [5, 5.41) is 19.1. The number of nitrogens with two attached hydrogens (primary N) is 1. The number of hydrogen-bond acceptors (Lipinski definition) is 5. The summed E-state index contributed by atoms with van der Waals surface area (Å²) >= 11 is 0. The van der Waals surface area contributed by atoms with Gasteiger partial charge in [-0.2, -0.15) is 12.7 Å². The second-order valence-electron chi connectivity index (χ2n) is 2.87. The summed E-state index contributed by atoms with van der Waals surface area (Å²) in [5.41, 5.74) is 0. The van der Waals surface area contributed by atoms with Crippen LogP contribution in [0.4, 0.5) is 0 Å². The van der Waals surface area contributed by atoms with Crippen LogP contribution in [0.5, 0.6) is 0 Å². The maximum absolute atomic E-state index is 11.5. The third kappa shape index (κ3) is 4.12. The van der Waals surface area contributed by atoms with Crippen LogP contribution >= 0.6 is 0 Å². The molecular formula is C7H16N2O5S. The summed E-state index contributed by atoms with van der Waals surface area (Å²) in [7, 11) is -3.75. The van der Waals surface area contributed by atoms with Crippen molar-refractivity contribution in [2.24, 2.45) is 0 Å². The van der Waals surface area contributed by atoms with Gasteiger partial charge < -0.3 is 15.0 Å².